The molecule has 5 nitrogen and oxygen atoms in total. The molecule has 4 rings (SSSR count). The van der Waals surface area contributed by atoms with Gasteiger partial charge in [0.1, 0.15) is 0 Å². The molecule has 4 heterocycles. The summed E-state index contributed by atoms with van der Waals surface area (Å²) in [6.07, 6.45) is 4.14. The zero-order valence-corrected chi connectivity index (χ0v) is 16.6. The molecular formula is C20H29N3O2S. The Balaban J connectivity index is 1.43. The lowest BCUT2D eigenvalue weighted by Gasteiger charge is -2.43. The van der Waals surface area contributed by atoms with E-state index in [1.54, 1.807) is 0 Å². The number of carbonyl (C=O) groups excluding carboxylic acids is 2. The van der Waals surface area contributed by atoms with E-state index in [1.165, 1.54) is 24.2 Å². The Bertz CT molecular complexity index is 667. The summed E-state index contributed by atoms with van der Waals surface area (Å²) in [5.74, 6) is 0.904. The van der Waals surface area contributed by atoms with Gasteiger partial charge < -0.3 is 10.2 Å². The highest BCUT2D eigenvalue weighted by atomic mass is 32.1. The number of nitrogens with zero attached hydrogens (tertiary/aromatic N) is 2. The number of hydrogen-bond donors (Lipinski definition) is 1. The van der Waals surface area contributed by atoms with Crippen LogP contribution in [0.2, 0.25) is 0 Å². The van der Waals surface area contributed by atoms with E-state index in [1.807, 2.05) is 22.4 Å². The van der Waals surface area contributed by atoms with Crippen LogP contribution >= 0.6 is 11.3 Å². The van der Waals surface area contributed by atoms with Crippen LogP contribution in [0.25, 0.3) is 0 Å². The molecule has 0 radical (unpaired) electrons. The molecule has 0 unspecified atom stereocenters. The van der Waals surface area contributed by atoms with E-state index in [9.17, 15) is 9.59 Å². The number of nitrogens with one attached hydrogen (secondary N) is 1. The van der Waals surface area contributed by atoms with Crippen LogP contribution in [-0.2, 0) is 4.79 Å². The van der Waals surface area contributed by atoms with Gasteiger partial charge in [-0.15, -0.1) is 11.3 Å². The highest BCUT2D eigenvalue weighted by molar-refractivity contribution is 7.12. The molecule has 0 aliphatic carbocycles. The van der Waals surface area contributed by atoms with Crippen LogP contribution in [0.3, 0.4) is 0 Å². The van der Waals surface area contributed by atoms with Gasteiger partial charge in [-0.1, -0.05) is 19.4 Å². The number of hydrogen-bond acceptors (Lipinski definition) is 4. The lowest BCUT2D eigenvalue weighted by Crippen LogP contribution is -2.56. The first kappa shape index (κ1) is 18.0. The normalized spacial score (nSPS) is 29.0. The van der Waals surface area contributed by atoms with Crippen LogP contribution in [-0.4, -0.2) is 59.4 Å². The summed E-state index contributed by atoms with van der Waals surface area (Å²) < 4.78 is 0. The van der Waals surface area contributed by atoms with Gasteiger partial charge in [-0.25, -0.2) is 0 Å². The molecule has 1 spiro atoms. The van der Waals surface area contributed by atoms with Crippen molar-refractivity contribution < 1.29 is 9.59 Å². The van der Waals surface area contributed by atoms with Crippen molar-refractivity contribution in [3.8, 4) is 0 Å². The van der Waals surface area contributed by atoms with E-state index in [0.29, 0.717) is 12.0 Å². The van der Waals surface area contributed by atoms with Gasteiger partial charge in [-0.3, -0.25) is 14.5 Å². The minimum absolute atomic E-state index is 0.103. The van der Waals surface area contributed by atoms with Crippen LogP contribution in [0.4, 0.5) is 0 Å². The SMILES string of the molecule is CCC[C@H](C)N1C[C@H]2C(=O)NC3(CCN(C(=O)c4cccs4)CC3)[C@H]2C1. The molecule has 3 atom stereocenters. The number of piperidine rings is 1. The van der Waals surface area contributed by atoms with Crippen molar-refractivity contribution in [3.05, 3.63) is 22.4 Å². The van der Waals surface area contributed by atoms with Crippen LogP contribution in [0, 0.1) is 11.8 Å². The second kappa shape index (κ2) is 6.97. The molecule has 3 saturated heterocycles. The second-order valence-corrected chi connectivity index (χ2v) is 9.17. The van der Waals surface area contributed by atoms with Gasteiger partial charge >= 0.3 is 0 Å². The predicted octanol–water partition coefficient (Wildman–Crippen LogP) is 2.59. The maximum atomic E-state index is 12.6. The molecule has 3 aliphatic heterocycles. The first-order valence-corrected chi connectivity index (χ1v) is 10.8. The van der Waals surface area contributed by atoms with E-state index in [-0.39, 0.29) is 23.3 Å². The van der Waals surface area contributed by atoms with Gasteiger partial charge in [0.25, 0.3) is 5.91 Å². The van der Waals surface area contributed by atoms with Crippen LogP contribution in [0.1, 0.15) is 49.2 Å². The third-order valence-electron chi connectivity index (χ3n) is 6.77. The maximum Gasteiger partial charge on any atom is 0.263 e. The zero-order chi connectivity index (χ0) is 18.3. The smallest absolute Gasteiger partial charge is 0.263 e. The average Bonchev–Trinajstić information content (AvgIpc) is 3.35. The molecule has 1 aromatic rings. The summed E-state index contributed by atoms with van der Waals surface area (Å²) in [6, 6.07) is 4.38. The van der Waals surface area contributed by atoms with Gasteiger partial charge in [0.15, 0.2) is 0 Å². The predicted molar refractivity (Wildman–Crippen MR) is 103 cm³/mol. The van der Waals surface area contributed by atoms with Gasteiger partial charge in [-0.2, -0.15) is 0 Å². The Hall–Kier alpha value is -1.40. The summed E-state index contributed by atoms with van der Waals surface area (Å²) in [6.45, 7) is 7.91. The van der Waals surface area contributed by atoms with Crippen molar-refractivity contribution >= 4 is 23.2 Å². The van der Waals surface area contributed by atoms with Crippen molar-refractivity contribution in [1.29, 1.82) is 0 Å². The molecule has 2 amide bonds. The minimum atomic E-state index is -0.103. The Morgan fingerprint density at radius 1 is 1.38 bits per heavy atom. The summed E-state index contributed by atoms with van der Waals surface area (Å²) in [7, 11) is 0. The standard InChI is InChI=1S/C20H29N3O2S/c1-3-5-14(2)23-12-15-16(13-23)20(21-18(15)24)7-9-22(10-8-20)19(25)17-6-4-11-26-17/h4,6,11,14-16H,3,5,7-10,12-13H2,1-2H3,(H,21,24)/t14-,15+,16-/m0/s1. The fraction of sp³-hybridized carbons (Fsp3) is 0.700. The molecule has 0 saturated carbocycles. The van der Waals surface area contributed by atoms with Crippen LogP contribution in [0.15, 0.2) is 17.5 Å². The van der Waals surface area contributed by atoms with Crippen LogP contribution < -0.4 is 5.32 Å². The molecule has 26 heavy (non-hydrogen) atoms. The molecule has 1 N–H and O–H groups in total. The van der Waals surface area contributed by atoms with E-state index in [4.69, 9.17) is 0 Å². The van der Waals surface area contributed by atoms with Gasteiger partial charge in [0.2, 0.25) is 5.91 Å². The molecule has 1 aromatic heterocycles. The quantitative estimate of drug-likeness (QED) is 0.880. The highest BCUT2D eigenvalue weighted by Gasteiger charge is 2.57. The maximum absolute atomic E-state index is 12.6. The monoisotopic (exact) mass is 375 g/mol. The lowest BCUT2D eigenvalue weighted by molar-refractivity contribution is -0.123. The summed E-state index contributed by atoms with van der Waals surface area (Å²) in [5.41, 5.74) is -0.103. The average molecular weight is 376 g/mol. The van der Waals surface area contributed by atoms with Crippen LogP contribution in [0.5, 0.6) is 0 Å². The van der Waals surface area contributed by atoms with Gasteiger partial charge in [-0.05, 0) is 37.6 Å². The molecule has 0 bridgehead atoms. The van der Waals surface area contributed by atoms with Crippen molar-refractivity contribution in [1.82, 2.24) is 15.1 Å². The summed E-state index contributed by atoms with van der Waals surface area (Å²) in [5, 5.41) is 5.31. The molecular weight excluding hydrogens is 346 g/mol. The largest absolute Gasteiger partial charge is 0.350 e. The van der Waals surface area contributed by atoms with Crippen molar-refractivity contribution in [2.45, 2.75) is 51.1 Å². The Kier molecular flexibility index (Phi) is 4.82. The fourth-order valence-corrected chi connectivity index (χ4v) is 5.90. The Labute approximate surface area is 159 Å². The number of likely N-dealkylation sites (tertiary alicyclic amines) is 2. The molecule has 6 heteroatoms. The third-order valence-corrected chi connectivity index (χ3v) is 7.63. The lowest BCUT2D eigenvalue weighted by atomic mass is 9.75. The molecule has 3 fully saturated rings. The van der Waals surface area contributed by atoms with E-state index < -0.39 is 0 Å². The molecule has 3 aliphatic rings. The number of thiophene rings is 1. The summed E-state index contributed by atoms with van der Waals surface area (Å²) in [4.78, 5) is 30.5. The van der Waals surface area contributed by atoms with E-state index in [0.717, 1.165) is 43.9 Å². The number of carbonyl (C=O) groups is 2. The Morgan fingerprint density at radius 3 is 2.81 bits per heavy atom. The number of amides is 2. The van der Waals surface area contributed by atoms with Gasteiger partial charge in [0, 0.05) is 43.7 Å². The second-order valence-electron chi connectivity index (χ2n) is 8.22. The Morgan fingerprint density at radius 2 is 2.15 bits per heavy atom. The van der Waals surface area contributed by atoms with Crippen molar-refractivity contribution in [2.75, 3.05) is 26.2 Å². The van der Waals surface area contributed by atoms with Crippen molar-refractivity contribution in [3.63, 3.8) is 0 Å². The summed E-state index contributed by atoms with van der Waals surface area (Å²) >= 11 is 1.50. The number of rotatable bonds is 4. The minimum Gasteiger partial charge on any atom is -0.350 e. The topological polar surface area (TPSA) is 52.7 Å². The van der Waals surface area contributed by atoms with Gasteiger partial charge in [0.05, 0.1) is 10.8 Å². The van der Waals surface area contributed by atoms with E-state index >= 15 is 0 Å². The first-order valence-electron chi connectivity index (χ1n) is 9.93. The third kappa shape index (κ3) is 2.97. The van der Waals surface area contributed by atoms with E-state index in [2.05, 4.69) is 24.1 Å². The molecule has 0 aromatic carbocycles. The highest BCUT2D eigenvalue weighted by Crippen LogP contribution is 2.44. The fourth-order valence-electron chi connectivity index (χ4n) is 5.21. The zero-order valence-electron chi connectivity index (χ0n) is 15.7. The number of fused-ring (bicyclic) bond motifs is 2. The first-order chi connectivity index (χ1) is 12.5. The molecule has 142 valence electrons. The van der Waals surface area contributed by atoms with Crippen molar-refractivity contribution in [2.24, 2.45) is 11.8 Å².